The van der Waals surface area contributed by atoms with Gasteiger partial charge in [0.15, 0.2) is 5.16 Å². The predicted octanol–water partition coefficient (Wildman–Crippen LogP) is 4.66. The number of hydrogen-bond donors (Lipinski definition) is 1. The molecule has 34 heavy (non-hydrogen) atoms. The standard InChI is InChI=1S/C24H34N6O2S2/c1-4-12-26-13-10-19(2)16-22-28-29-24(30(22)14-15-32-3)33-17-23(31)27-18-34-21-8-6-5-7-20(21)9-11-25/h10,12-13H,2,4-9,14-18H2,1,3H3,(H,27,31)/b13-10-,26-12?. The number of rotatable bonds is 15. The summed E-state index contributed by atoms with van der Waals surface area (Å²) in [6, 6.07) is 2.25. The third-order valence-electron chi connectivity index (χ3n) is 5.05. The van der Waals surface area contributed by atoms with Crippen LogP contribution in [0.3, 0.4) is 0 Å². The molecule has 0 radical (unpaired) electrons. The van der Waals surface area contributed by atoms with Crippen LogP contribution in [-0.4, -0.2) is 52.2 Å². The fourth-order valence-electron chi connectivity index (χ4n) is 3.32. The molecule has 1 N–H and O–H groups in total. The number of carbonyl (C=O) groups excluding carboxylic acids is 1. The summed E-state index contributed by atoms with van der Waals surface area (Å²) in [5, 5.41) is 21.3. The Kier molecular flexibility index (Phi) is 13.4. The van der Waals surface area contributed by atoms with Crippen LogP contribution in [0.15, 0.2) is 45.1 Å². The Morgan fingerprint density at radius 2 is 2.18 bits per heavy atom. The van der Waals surface area contributed by atoms with E-state index in [0.717, 1.165) is 43.5 Å². The van der Waals surface area contributed by atoms with Gasteiger partial charge in [-0.25, -0.2) is 0 Å². The Hall–Kier alpha value is -2.35. The molecule has 1 heterocycles. The molecule has 0 saturated heterocycles. The van der Waals surface area contributed by atoms with Gasteiger partial charge in [0.2, 0.25) is 5.91 Å². The molecule has 0 unspecified atom stereocenters. The number of ether oxygens (including phenoxy) is 1. The molecule has 0 fully saturated rings. The van der Waals surface area contributed by atoms with Crippen LogP contribution in [0.25, 0.3) is 0 Å². The van der Waals surface area contributed by atoms with E-state index in [0.29, 0.717) is 37.0 Å². The van der Waals surface area contributed by atoms with E-state index in [1.54, 1.807) is 25.1 Å². The van der Waals surface area contributed by atoms with Gasteiger partial charge in [0, 0.05) is 32.5 Å². The number of aromatic nitrogens is 3. The van der Waals surface area contributed by atoms with Gasteiger partial charge in [-0.1, -0.05) is 25.3 Å². The van der Waals surface area contributed by atoms with Crippen molar-refractivity contribution < 1.29 is 9.53 Å². The zero-order chi connectivity index (χ0) is 24.6. The van der Waals surface area contributed by atoms with Gasteiger partial charge in [-0.3, -0.25) is 9.79 Å². The Morgan fingerprint density at radius 3 is 2.94 bits per heavy atom. The van der Waals surface area contributed by atoms with Gasteiger partial charge in [-0.15, -0.1) is 22.0 Å². The Bertz CT molecular complexity index is 946. The molecule has 0 atom stereocenters. The zero-order valence-corrected chi connectivity index (χ0v) is 21.7. The number of nitriles is 1. The van der Waals surface area contributed by atoms with E-state index in [1.807, 2.05) is 23.8 Å². The summed E-state index contributed by atoms with van der Waals surface area (Å²) in [5.74, 6) is 1.49. The summed E-state index contributed by atoms with van der Waals surface area (Å²) in [4.78, 5) is 17.8. The quantitative estimate of drug-likeness (QED) is 0.161. The smallest absolute Gasteiger partial charge is 0.231 e. The Morgan fingerprint density at radius 1 is 1.35 bits per heavy atom. The summed E-state index contributed by atoms with van der Waals surface area (Å²) in [5.41, 5.74) is 2.10. The van der Waals surface area contributed by atoms with Gasteiger partial charge < -0.3 is 14.6 Å². The summed E-state index contributed by atoms with van der Waals surface area (Å²) in [6.45, 7) is 7.22. The number of methoxy groups -OCH3 is 1. The Labute approximate surface area is 211 Å². The van der Waals surface area contributed by atoms with Crippen molar-refractivity contribution in [3.8, 4) is 6.07 Å². The Balaban J connectivity index is 1.89. The van der Waals surface area contributed by atoms with Crippen molar-refractivity contribution in [3.05, 3.63) is 40.7 Å². The molecular formula is C24H34N6O2S2. The van der Waals surface area contributed by atoms with Crippen molar-refractivity contribution in [2.24, 2.45) is 4.99 Å². The first-order valence-electron chi connectivity index (χ1n) is 11.5. The van der Waals surface area contributed by atoms with Crippen molar-refractivity contribution in [1.29, 1.82) is 5.26 Å². The molecule has 2 rings (SSSR count). The van der Waals surface area contributed by atoms with Gasteiger partial charge in [0.1, 0.15) is 5.82 Å². The van der Waals surface area contributed by atoms with E-state index in [4.69, 9.17) is 10.00 Å². The average molecular weight is 503 g/mol. The number of hydrogen-bond acceptors (Lipinski definition) is 8. The second-order valence-corrected chi connectivity index (χ2v) is 9.69. The summed E-state index contributed by atoms with van der Waals surface area (Å²) >= 11 is 3.00. The molecule has 1 aliphatic rings. The van der Waals surface area contributed by atoms with E-state index in [2.05, 4.69) is 33.2 Å². The molecular weight excluding hydrogens is 468 g/mol. The number of allylic oxidation sites excluding steroid dienone is 4. The summed E-state index contributed by atoms with van der Waals surface area (Å²) < 4.78 is 7.21. The number of nitrogens with one attached hydrogen (secondary N) is 1. The van der Waals surface area contributed by atoms with E-state index in [1.165, 1.54) is 22.2 Å². The molecule has 184 valence electrons. The molecule has 1 aromatic heterocycles. The lowest BCUT2D eigenvalue weighted by molar-refractivity contribution is -0.118. The van der Waals surface area contributed by atoms with Crippen molar-refractivity contribution >= 4 is 35.6 Å². The lowest BCUT2D eigenvalue weighted by atomic mass is 9.97. The van der Waals surface area contributed by atoms with Gasteiger partial charge >= 0.3 is 0 Å². The maximum atomic E-state index is 12.4. The molecule has 1 aliphatic carbocycles. The number of amides is 1. The van der Waals surface area contributed by atoms with E-state index >= 15 is 0 Å². The summed E-state index contributed by atoms with van der Waals surface area (Å²) in [7, 11) is 1.65. The molecule has 1 aromatic rings. The van der Waals surface area contributed by atoms with Crippen LogP contribution in [0.5, 0.6) is 0 Å². The minimum absolute atomic E-state index is 0.0558. The minimum Gasteiger partial charge on any atom is -0.383 e. The van der Waals surface area contributed by atoms with Crippen molar-refractivity contribution in [3.63, 3.8) is 0 Å². The predicted molar refractivity (Wildman–Crippen MR) is 140 cm³/mol. The highest BCUT2D eigenvalue weighted by Crippen LogP contribution is 2.33. The lowest BCUT2D eigenvalue weighted by Gasteiger charge is -2.18. The highest BCUT2D eigenvalue weighted by molar-refractivity contribution is 8.03. The molecule has 1 amide bonds. The third-order valence-corrected chi connectivity index (χ3v) is 7.15. The maximum absolute atomic E-state index is 12.4. The number of thioether (sulfide) groups is 2. The largest absolute Gasteiger partial charge is 0.383 e. The van der Waals surface area contributed by atoms with Crippen LogP contribution in [0, 0.1) is 11.3 Å². The van der Waals surface area contributed by atoms with E-state index in [9.17, 15) is 4.79 Å². The molecule has 0 spiro atoms. The minimum atomic E-state index is -0.0558. The lowest BCUT2D eigenvalue weighted by Crippen LogP contribution is -2.25. The molecule has 10 heteroatoms. The fraction of sp³-hybridized carbons (Fsp3) is 0.542. The van der Waals surface area contributed by atoms with Gasteiger partial charge in [-0.05, 0) is 54.2 Å². The SMILES string of the molecule is C=C(/C=C\N=CCC)Cc1nnc(SCC(=O)NCSC2=C(CC#N)CCCC2)n1CCOC. The van der Waals surface area contributed by atoms with Crippen LogP contribution in [0.1, 0.15) is 51.3 Å². The maximum Gasteiger partial charge on any atom is 0.231 e. The average Bonchev–Trinajstić information content (AvgIpc) is 3.21. The molecule has 0 saturated carbocycles. The molecule has 0 aliphatic heterocycles. The van der Waals surface area contributed by atoms with Gasteiger partial charge in [-0.2, -0.15) is 5.26 Å². The van der Waals surface area contributed by atoms with Crippen molar-refractivity contribution in [2.75, 3.05) is 25.3 Å². The first kappa shape index (κ1) is 27.9. The van der Waals surface area contributed by atoms with Crippen LogP contribution in [0.4, 0.5) is 0 Å². The van der Waals surface area contributed by atoms with Crippen LogP contribution in [-0.2, 0) is 22.5 Å². The van der Waals surface area contributed by atoms with E-state index < -0.39 is 0 Å². The summed E-state index contributed by atoms with van der Waals surface area (Å²) in [6.07, 6.45) is 11.6. The number of aliphatic imine (C=N–C) groups is 1. The highest BCUT2D eigenvalue weighted by atomic mass is 32.2. The first-order chi connectivity index (χ1) is 16.6. The number of nitrogens with zero attached hydrogens (tertiary/aromatic N) is 5. The molecule has 0 aromatic carbocycles. The molecule has 0 bridgehead atoms. The van der Waals surface area contributed by atoms with Crippen molar-refractivity contribution in [1.82, 2.24) is 20.1 Å². The van der Waals surface area contributed by atoms with E-state index in [-0.39, 0.29) is 11.7 Å². The zero-order valence-electron chi connectivity index (χ0n) is 20.1. The number of carbonyl (C=O) groups is 1. The van der Waals surface area contributed by atoms with Crippen LogP contribution in [0.2, 0.25) is 0 Å². The topological polar surface area (TPSA) is 105 Å². The normalized spacial score (nSPS) is 14.1. The first-order valence-corrected chi connectivity index (χ1v) is 13.4. The van der Waals surface area contributed by atoms with Crippen LogP contribution < -0.4 is 5.32 Å². The third kappa shape index (κ3) is 9.87. The molecule has 8 nitrogen and oxygen atoms in total. The monoisotopic (exact) mass is 502 g/mol. The van der Waals surface area contributed by atoms with Gasteiger partial charge in [0.05, 0.1) is 30.7 Å². The fourth-order valence-corrected chi connectivity index (χ4v) is 5.21. The second-order valence-electron chi connectivity index (χ2n) is 7.68. The highest BCUT2D eigenvalue weighted by Gasteiger charge is 2.16. The van der Waals surface area contributed by atoms with Crippen molar-refractivity contribution in [2.45, 2.75) is 63.6 Å². The second kappa shape index (κ2) is 16.3. The van der Waals surface area contributed by atoms with Crippen LogP contribution >= 0.6 is 23.5 Å². The van der Waals surface area contributed by atoms with Gasteiger partial charge in [0.25, 0.3) is 0 Å².